The zero-order valence-electron chi connectivity index (χ0n) is 10.4. The van der Waals surface area contributed by atoms with Crippen LogP contribution in [-0.4, -0.2) is 49.7 Å². The van der Waals surface area contributed by atoms with E-state index >= 15 is 0 Å². The summed E-state index contributed by atoms with van der Waals surface area (Å²) in [5, 5.41) is 0. The van der Waals surface area contributed by atoms with Crippen LogP contribution in [-0.2, 0) is 9.47 Å². The molecule has 0 N–H and O–H groups in total. The third-order valence-electron chi connectivity index (χ3n) is 4.57. The van der Waals surface area contributed by atoms with E-state index in [0.29, 0.717) is 6.10 Å². The van der Waals surface area contributed by atoms with E-state index in [0.717, 1.165) is 26.0 Å². The van der Waals surface area contributed by atoms with Crippen molar-refractivity contribution >= 4 is 0 Å². The first-order valence-electron chi connectivity index (χ1n) is 6.85. The summed E-state index contributed by atoms with van der Waals surface area (Å²) in [6.07, 6.45) is 7.91. The summed E-state index contributed by atoms with van der Waals surface area (Å²) in [6.45, 7) is 4.63. The summed E-state index contributed by atoms with van der Waals surface area (Å²) in [5.41, 5.74) is 0. The molecule has 0 radical (unpaired) electrons. The Balaban J connectivity index is 1.57. The van der Waals surface area contributed by atoms with Crippen molar-refractivity contribution < 1.29 is 14.0 Å². The van der Waals surface area contributed by atoms with E-state index in [-0.39, 0.29) is 5.79 Å². The van der Waals surface area contributed by atoms with Gasteiger partial charge in [0.05, 0.1) is 26.7 Å². The monoisotopic (exact) mass is 226 g/mol. The second kappa shape index (κ2) is 3.97. The molecule has 3 rings (SSSR count). The molecule has 0 aromatic carbocycles. The molecule has 0 amide bonds. The van der Waals surface area contributed by atoms with E-state index in [1.54, 1.807) is 0 Å². The Kier molecular flexibility index (Phi) is 2.73. The molecule has 3 heteroatoms. The van der Waals surface area contributed by atoms with Crippen molar-refractivity contribution in [2.75, 3.05) is 33.3 Å². The van der Waals surface area contributed by atoms with E-state index in [2.05, 4.69) is 7.05 Å². The van der Waals surface area contributed by atoms with Crippen LogP contribution in [0.25, 0.3) is 0 Å². The van der Waals surface area contributed by atoms with E-state index < -0.39 is 0 Å². The molecule has 2 saturated heterocycles. The second-order valence-corrected chi connectivity index (χ2v) is 6.13. The fourth-order valence-electron chi connectivity index (χ4n) is 3.66. The van der Waals surface area contributed by atoms with Crippen LogP contribution in [0.1, 0.15) is 38.5 Å². The Bertz CT molecular complexity index is 255. The van der Waals surface area contributed by atoms with Crippen molar-refractivity contribution in [3.05, 3.63) is 0 Å². The number of hydrogen-bond acceptors (Lipinski definition) is 2. The van der Waals surface area contributed by atoms with Crippen LogP contribution in [0.15, 0.2) is 0 Å². The Morgan fingerprint density at radius 3 is 2.50 bits per heavy atom. The van der Waals surface area contributed by atoms with Crippen LogP contribution < -0.4 is 0 Å². The fraction of sp³-hybridized carbons (Fsp3) is 1.00. The summed E-state index contributed by atoms with van der Waals surface area (Å²) in [7, 11) is 2.37. The number of quaternary nitrogens is 1. The molecule has 0 aromatic heterocycles. The van der Waals surface area contributed by atoms with E-state index in [4.69, 9.17) is 9.47 Å². The number of hydrogen-bond donors (Lipinski definition) is 0. The molecular weight excluding hydrogens is 202 g/mol. The fourth-order valence-corrected chi connectivity index (χ4v) is 3.66. The normalized spacial score (nSPS) is 36.2. The summed E-state index contributed by atoms with van der Waals surface area (Å²) in [4.78, 5) is 0. The van der Waals surface area contributed by atoms with Gasteiger partial charge >= 0.3 is 0 Å². The highest BCUT2D eigenvalue weighted by atomic mass is 16.7. The standard InChI is InChI=1S/C13H24NO2/c1-14(8-4-5-9-14)10-12-11-15-13(16-12)6-2-3-7-13/h12H,2-11H2,1H3/q+1. The molecule has 3 fully saturated rings. The molecule has 2 heterocycles. The third kappa shape index (κ3) is 2.01. The number of nitrogens with zero attached hydrogens (tertiary/aromatic N) is 1. The van der Waals surface area contributed by atoms with Gasteiger partial charge in [-0.3, -0.25) is 0 Å². The van der Waals surface area contributed by atoms with Gasteiger partial charge in [-0.15, -0.1) is 0 Å². The van der Waals surface area contributed by atoms with E-state index in [1.165, 1.54) is 43.3 Å². The van der Waals surface area contributed by atoms with Crippen molar-refractivity contribution in [3.63, 3.8) is 0 Å². The van der Waals surface area contributed by atoms with Crippen molar-refractivity contribution in [3.8, 4) is 0 Å². The van der Waals surface area contributed by atoms with Gasteiger partial charge in [0.2, 0.25) is 0 Å². The van der Waals surface area contributed by atoms with Crippen molar-refractivity contribution in [1.82, 2.24) is 0 Å². The lowest BCUT2D eigenvalue weighted by Crippen LogP contribution is -2.47. The molecule has 0 aromatic rings. The topological polar surface area (TPSA) is 18.5 Å². The Labute approximate surface area is 98.3 Å². The maximum Gasteiger partial charge on any atom is 0.169 e. The molecule has 1 saturated carbocycles. The SMILES string of the molecule is C[N+]1(CC2COC3(CCCC3)O2)CCCC1. The smallest absolute Gasteiger partial charge is 0.169 e. The Morgan fingerprint density at radius 2 is 1.81 bits per heavy atom. The molecular formula is C13H24NO2+. The summed E-state index contributed by atoms with van der Waals surface area (Å²) >= 11 is 0. The maximum absolute atomic E-state index is 6.20. The number of rotatable bonds is 2. The van der Waals surface area contributed by atoms with Gasteiger partial charge in [0.15, 0.2) is 5.79 Å². The average Bonchev–Trinajstić information content (AvgIpc) is 2.93. The van der Waals surface area contributed by atoms with Gasteiger partial charge in [0, 0.05) is 25.7 Å². The van der Waals surface area contributed by atoms with Crippen LogP contribution in [0.3, 0.4) is 0 Å². The average molecular weight is 226 g/mol. The van der Waals surface area contributed by atoms with Crippen LogP contribution in [0.5, 0.6) is 0 Å². The van der Waals surface area contributed by atoms with E-state index in [9.17, 15) is 0 Å². The molecule has 92 valence electrons. The van der Waals surface area contributed by atoms with Gasteiger partial charge in [-0.1, -0.05) is 0 Å². The number of likely N-dealkylation sites (N-methyl/N-ethyl adjacent to an activating group) is 1. The minimum absolute atomic E-state index is 0.163. The third-order valence-corrected chi connectivity index (χ3v) is 4.57. The summed E-state index contributed by atoms with van der Waals surface area (Å²) < 4.78 is 13.3. The highest BCUT2D eigenvalue weighted by Crippen LogP contribution is 2.39. The zero-order chi connectivity index (χ0) is 11.1. The lowest BCUT2D eigenvalue weighted by Gasteiger charge is -2.31. The van der Waals surface area contributed by atoms with Crippen molar-refractivity contribution in [2.45, 2.75) is 50.4 Å². The Hall–Kier alpha value is -0.120. The van der Waals surface area contributed by atoms with Gasteiger partial charge < -0.3 is 14.0 Å². The van der Waals surface area contributed by atoms with Crippen LogP contribution in [0.2, 0.25) is 0 Å². The highest BCUT2D eigenvalue weighted by Gasteiger charge is 2.46. The first-order valence-corrected chi connectivity index (χ1v) is 6.85. The zero-order valence-corrected chi connectivity index (χ0v) is 10.4. The van der Waals surface area contributed by atoms with Gasteiger partial charge in [-0.25, -0.2) is 0 Å². The maximum atomic E-state index is 6.20. The molecule has 2 aliphatic heterocycles. The van der Waals surface area contributed by atoms with Gasteiger partial charge in [0.25, 0.3) is 0 Å². The van der Waals surface area contributed by atoms with Gasteiger partial charge in [-0.2, -0.15) is 0 Å². The lowest BCUT2D eigenvalue weighted by atomic mass is 10.2. The number of likely N-dealkylation sites (tertiary alicyclic amines) is 1. The van der Waals surface area contributed by atoms with Crippen LogP contribution in [0, 0.1) is 0 Å². The molecule has 3 aliphatic rings. The Morgan fingerprint density at radius 1 is 1.12 bits per heavy atom. The largest absolute Gasteiger partial charge is 0.347 e. The van der Waals surface area contributed by atoms with E-state index in [1.807, 2.05) is 0 Å². The molecule has 1 spiro atoms. The minimum Gasteiger partial charge on any atom is -0.347 e. The molecule has 0 bridgehead atoms. The van der Waals surface area contributed by atoms with Crippen molar-refractivity contribution in [2.24, 2.45) is 0 Å². The summed E-state index contributed by atoms with van der Waals surface area (Å²) in [5.74, 6) is -0.163. The summed E-state index contributed by atoms with van der Waals surface area (Å²) in [6, 6.07) is 0. The lowest BCUT2D eigenvalue weighted by molar-refractivity contribution is -0.900. The van der Waals surface area contributed by atoms with Crippen LogP contribution >= 0.6 is 0 Å². The van der Waals surface area contributed by atoms with Crippen LogP contribution in [0.4, 0.5) is 0 Å². The van der Waals surface area contributed by atoms with Crippen molar-refractivity contribution in [1.29, 1.82) is 0 Å². The van der Waals surface area contributed by atoms with Gasteiger partial charge in [-0.05, 0) is 12.8 Å². The molecule has 16 heavy (non-hydrogen) atoms. The predicted octanol–water partition coefficient (Wildman–Crippen LogP) is 1.91. The predicted molar refractivity (Wildman–Crippen MR) is 62.0 cm³/mol. The molecule has 3 nitrogen and oxygen atoms in total. The quantitative estimate of drug-likeness (QED) is 0.670. The first-order chi connectivity index (χ1) is 7.70. The first kappa shape index (κ1) is 11.0. The number of ether oxygens (including phenoxy) is 2. The second-order valence-electron chi connectivity index (χ2n) is 6.13. The minimum atomic E-state index is -0.163. The highest BCUT2D eigenvalue weighted by molar-refractivity contribution is 4.84. The molecule has 1 aliphatic carbocycles. The van der Waals surface area contributed by atoms with Gasteiger partial charge in [0.1, 0.15) is 12.6 Å². The molecule has 1 unspecified atom stereocenters. The molecule has 1 atom stereocenters.